The number of nitrogens with zero attached hydrogens (tertiary/aromatic N) is 2. The number of ether oxygens (including phenoxy) is 1. The lowest BCUT2D eigenvalue weighted by Gasteiger charge is -2.28. The molecular formula is C9H9ClFIN2O. The molecule has 2 rings (SSSR count). The van der Waals surface area contributed by atoms with Crippen LogP contribution in [0.2, 0.25) is 5.15 Å². The molecule has 82 valence electrons. The number of hydrogen-bond donors (Lipinski definition) is 0. The Morgan fingerprint density at radius 1 is 1.47 bits per heavy atom. The summed E-state index contributed by atoms with van der Waals surface area (Å²) in [7, 11) is 0. The zero-order valence-corrected chi connectivity index (χ0v) is 10.8. The van der Waals surface area contributed by atoms with Crippen LogP contribution < -0.4 is 4.90 Å². The zero-order valence-electron chi connectivity index (χ0n) is 7.84. The van der Waals surface area contributed by atoms with Crippen LogP contribution in [0, 0.1) is 9.39 Å². The summed E-state index contributed by atoms with van der Waals surface area (Å²) in [5.74, 6) is 0.0251. The first-order valence-electron chi connectivity index (χ1n) is 4.52. The minimum Gasteiger partial charge on any atom is -0.378 e. The van der Waals surface area contributed by atoms with E-state index in [1.54, 1.807) is 0 Å². The molecule has 1 aliphatic rings. The molecule has 1 aromatic rings. The molecule has 0 radical (unpaired) electrons. The summed E-state index contributed by atoms with van der Waals surface area (Å²) in [6.45, 7) is 2.51. The van der Waals surface area contributed by atoms with Crippen molar-refractivity contribution in [2.24, 2.45) is 0 Å². The van der Waals surface area contributed by atoms with Gasteiger partial charge in [0.25, 0.3) is 0 Å². The second kappa shape index (κ2) is 4.80. The van der Waals surface area contributed by atoms with Gasteiger partial charge < -0.3 is 9.64 Å². The molecule has 0 saturated carbocycles. The Morgan fingerprint density at radius 3 is 2.80 bits per heavy atom. The first kappa shape index (κ1) is 11.3. The summed E-state index contributed by atoms with van der Waals surface area (Å²) in [5.41, 5.74) is 0. The maximum absolute atomic E-state index is 13.8. The lowest BCUT2D eigenvalue weighted by Crippen LogP contribution is -2.37. The zero-order chi connectivity index (χ0) is 10.8. The van der Waals surface area contributed by atoms with Crippen LogP contribution in [-0.4, -0.2) is 31.3 Å². The highest BCUT2D eigenvalue weighted by Gasteiger charge is 2.19. The molecule has 0 atom stereocenters. The molecule has 3 nitrogen and oxygen atoms in total. The van der Waals surface area contributed by atoms with Crippen molar-refractivity contribution >= 4 is 40.0 Å². The third-order valence-corrected chi connectivity index (χ3v) is 3.15. The minimum absolute atomic E-state index is 0.304. The first-order chi connectivity index (χ1) is 7.18. The molecule has 1 aliphatic heterocycles. The molecule has 1 saturated heterocycles. The van der Waals surface area contributed by atoms with Gasteiger partial charge in [0, 0.05) is 13.1 Å². The van der Waals surface area contributed by atoms with E-state index in [1.165, 1.54) is 6.07 Å². The predicted molar refractivity (Wildman–Crippen MR) is 65.0 cm³/mol. The predicted octanol–water partition coefficient (Wildman–Crippen LogP) is 2.32. The number of aromatic nitrogens is 1. The van der Waals surface area contributed by atoms with Gasteiger partial charge in [0.15, 0.2) is 11.6 Å². The molecule has 0 amide bonds. The quantitative estimate of drug-likeness (QED) is 0.578. The normalized spacial score (nSPS) is 16.9. The van der Waals surface area contributed by atoms with Gasteiger partial charge in [-0.25, -0.2) is 9.37 Å². The SMILES string of the molecule is Fc1c(I)cc(Cl)nc1N1CCOCC1. The van der Waals surface area contributed by atoms with Crippen LogP contribution in [0.3, 0.4) is 0 Å². The van der Waals surface area contributed by atoms with Crippen LogP contribution in [0.15, 0.2) is 6.07 Å². The Morgan fingerprint density at radius 2 is 2.13 bits per heavy atom. The van der Waals surface area contributed by atoms with E-state index in [1.807, 2.05) is 27.5 Å². The van der Waals surface area contributed by atoms with Gasteiger partial charge in [0.1, 0.15) is 5.15 Å². The van der Waals surface area contributed by atoms with Crippen LogP contribution in [0.1, 0.15) is 0 Å². The van der Waals surface area contributed by atoms with Crippen LogP contribution in [0.4, 0.5) is 10.2 Å². The highest BCUT2D eigenvalue weighted by molar-refractivity contribution is 14.1. The Kier molecular flexibility index (Phi) is 3.63. The van der Waals surface area contributed by atoms with E-state index in [0.717, 1.165) is 0 Å². The lowest BCUT2D eigenvalue weighted by molar-refractivity contribution is 0.122. The van der Waals surface area contributed by atoms with E-state index in [0.29, 0.717) is 40.8 Å². The average molecular weight is 343 g/mol. The average Bonchev–Trinajstić information content (AvgIpc) is 2.24. The van der Waals surface area contributed by atoms with Gasteiger partial charge in [0.05, 0.1) is 16.8 Å². The van der Waals surface area contributed by atoms with Crippen molar-refractivity contribution in [3.63, 3.8) is 0 Å². The summed E-state index contributed by atoms with van der Waals surface area (Å²) < 4.78 is 19.4. The van der Waals surface area contributed by atoms with E-state index in [2.05, 4.69) is 4.98 Å². The number of hydrogen-bond acceptors (Lipinski definition) is 3. The first-order valence-corrected chi connectivity index (χ1v) is 5.98. The number of rotatable bonds is 1. The van der Waals surface area contributed by atoms with Gasteiger partial charge in [-0.15, -0.1) is 0 Å². The van der Waals surface area contributed by atoms with Crippen molar-refractivity contribution < 1.29 is 9.13 Å². The minimum atomic E-state index is -0.304. The Bertz CT molecular complexity index is 371. The van der Waals surface area contributed by atoms with Crippen molar-refractivity contribution in [1.29, 1.82) is 0 Å². The second-order valence-corrected chi connectivity index (χ2v) is 4.71. The van der Waals surface area contributed by atoms with Gasteiger partial charge in [-0.2, -0.15) is 0 Å². The van der Waals surface area contributed by atoms with Crippen LogP contribution >= 0.6 is 34.2 Å². The molecule has 1 aromatic heterocycles. The van der Waals surface area contributed by atoms with Crippen LogP contribution in [0.25, 0.3) is 0 Å². The topological polar surface area (TPSA) is 25.4 Å². The maximum Gasteiger partial charge on any atom is 0.179 e. The van der Waals surface area contributed by atoms with E-state index in [4.69, 9.17) is 16.3 Å². The van der Waals surface area contributed by atoms with Crippen molar-refractivity contribution in [3.8, 4) is 0 Å². The summed E-state index contributed by atoms with van der Waals surface area (Å²) in [6.07, 6.45) is 0. The monoisotopic (exact) mass is 342 g/mol. The van der Waals surface area contributed by atoms with E-state index in [9.17, 15) is 4.39 Å². The van der Waals surface area contributed by atoms with Gasteiger partial charge in [0.2, 0.25) is 0 Å². The van der Waals surface area contributed by atoms with Gasteiger partial charge >= 0.3 is 0 Å². The van der Waals surface area contributed by atoms with Crippen molar-refractivity contribution in [2.75, 3.05) is 31.2 Å². The van der Waals surface area contributed by atoms with Crippen LogP contribution in [-0.2, 0) is 4.74 Å². The molecule has 0 unspecified atom stereocenters. The molecule has 15 heavy (non-hydrogen) atoms. The highest BCUT2D eigenvalue weighted by Crippen LogP contribution is 2.25. The smallest absolute Gasteiger partial charge is 0.179 e. The molecule has 0 N–H and O–H groups in total. The molecule has 0 bridgehead atoms. The van der Waals surface area contributed by atoms with Crippen molar-refractivity contribution in [2.45, 2.75) is 0 Å². The number of morpholine rings is 1. The Labute approximate surface area is 106 Å². The van der Waals surface area contributed by atoms with E-state index < -0.39 is 0 Å². The van der Waals surface area contributed by atoms with Gasteiger partial charge in [-0.05, 0) is 28.7 Å². The highest BCUT2D eigenvalue weighted by atomic mass is 127. The fourth-order valence-corrected chi connectivity index (χ4v) is 2.35. The van der Waals surface area contributed by atoms with E-state index in [-0.39, 0.29) is 5.82 Å². The third-order valence-electron chi connectivity index (χ3n) is 2.18. The molecule has 1 fully saturated rings. The maximum atomic E-state index is 13.8. The third kappa shape index (κ3) is 2.51. The summed E-state index contributed by atoms with van der Waals surface area (Å²) >= 11 is 7.72. The second-order valence-electron chi connectivity index (χ2n) is 3.16. The molecule has 0 spiro atoms. The van der Waals surface area contributed by atoms with Crippen LogP contribution in [0.5, 0.6) is 0 Å². The van der Waals surface area contributed by atoms with E-state index >= 15 is 0 Å². The molecule has 0 aromatic carbocycles. The number of pyridine rings is 1. The molecular weight excluding hydrogens is 333 g/mol. The van der Waals surface area contributed by atoms with Crippen molar-refractivity contribution in [1.82, 2.24) is 4.98 Å². The van der Waals surface area contributed by atoms with Gasteiger partial charge in [-0.3, -0.25) is 0 Å². The fraction of sp³-hybridized carbons (Fsp3) is 0.444. The molecule has 6 heteroatoms. The number of anilines is 1. The molecule has 0 aliphatic carbocycles. The Balaban J connectivity index is 2.33. The summed E-state index contributed by atoms with van der Waals surface area (Å²) in [5, 5.41) is 0.322. The summed E-state index contributed by atoms with van der Waals surface area (Å²) in [4.78, 5) is 5.87. The largest absolute Gasteiger partial charge is 0.378 e. The fourth-order valence-electron chi connectivity index (χ4n) is 1.44. The standard InChI is InChI=1S/C9H9ClFIN2O/c10-7-5-6(12)8(11)9(13-7)14-1-3-15-4-2-14/h5H,1-4H2. The Hall–Kier alpha value is -0.140. The van der Waals surface area contributed by atoms with Gasteiger partial charge in [-0.1, -0.05) is 11.6 Å². The lowest BCUT2D eigenvalue weighted by atomic mass is 10.3. The van der Waals surface area contributed by atoms with Crippen molar-refractivity contribution in [3.05, 3.63) is 20.6 Å². The number of halogens is 3. The summed E-state index contributed by atoms with van der Waals surface area (Å²) in [6, 6.07) is 1.52. The molecule has 2 heterocycles.